The number of thioether (sulfide) groups is 1. The molecule has 0 heterocycles. The third-order valence-corrected chi connectivity index (χ3v) is 3.83. The summed E-state index contributed by atoms with van der Waals surface area (Å²) in [6, 6.07) is 0. The van der Waals surface area contributed by atoms with Crippen LogP contribution in [0.5, 0.6) is 0 Å². The molecule has 0 bridgehead atoms. The van der Waals surface area contributed by atoms with E-state index < -0.39 is 7.82 Å². The summed E-state index contributed by atoms with van der Waals surface area (Å²) in [6.45, 7) is 1.84. The fourth-order valence-corrected chi connectivity index (χ4v) is 2.12. The minimum absolute atomic E-state index is 0.107. The Balaban J connectivity index is 3.45. The van der Waals surface area contributed by atoms with Gasteiger partial charge in [0, 0.05) is 26.9 Å². The van der Waals surface area contributed by atoms with Crippen molar-refractivity contribution in [2.75, 3.05) is 26.6 Å². The molecule has 0 N–H and O–H groups in total. The number of hydrogen-bond acceptors (Lipinski definition) is 6. The quantitative estimate of drug-likeness (QED) is 0.491. The third kappa shape index (κ3) is 7.99. The van der Waals surface area contributed by atoms with E-state index in [1.54, 1.807) is 0 Å². The average Bonchev–Trinajstić information content (AvgIpc) is 2.22. The highest BCUT2D eigenvalue weighted by molar-refractivity contribution is 8.13. The Labute approximate surface area is 94.5 Å². The van der Waals surface area contributed by atoms with E-state index in [2.05, 4.69) is 9.05 Å². The Kier molecular flexibility index (Phi) is 8.37. The van der Waals surface area contributed by atoms with Gasteiger partial charge in [-0.25, -0.2) is 4.57 Å². The molecule has 0 spiro atoms. The molecule has 7 heteroatoms. The summed E-state index contributed by atoms with van der Waals surface area (Å²) in [5.41, 5.74) is 0. The standard InChI is InChI=1S/C8H17O5PS/c1-8(9)15-7-5-4-6-13-14(10,11-2)12-3/h4-7H2,1-3H3. The number of rotatable bonds is 8. The van der Waals surface area contributed by atoms with Crippen LogP contribution in [-0.2, 0) is 22.9 Å². The molecule has 0 aromatic rings. The van der Waals surface area contributed by atoms with Crippen LogP contribution in [0, 0.1) is 0 Å². The van der Waals surface area contributed by atoms with Gasteiger partial charge in [0.1, 0.15) is 0 Å². The molecule has 0 saturated carbocycles. The molecule has 0 rings (SSSR count). The Hall–Kier alpha value is 0.130. The predicted octanol–water partition coefficient (Wildman–Crippen LogP) is 2.46. The van der Waals surface area contributed by atoms with Gasteiger partial charge in [-0.3, -0.25) is 18.4 Å². The van der Waals surface area contributed by atoms with Gasteiger partial charge in [0.25, 0.3) is 0 Å². The predicted molar refractivity (Wildman–Crippen MR) is 59.9 cm³/mol. The van der Waals surface area contributed by atoms with E-state index in [4.69, 9.17) is 4.52 Å². The molecule has 0 atom stereocenters. The van der Waals surface area contributed by atoms with Crippen molar-refractivity contribution in [2.24, 2.45) is 0 Å². The Morgan fingerprint density at radius 3 is 2.33 bits per heavy atom. The molecular formula is C8H17O5PS. The van der Waals surface area contributed by atoms with E-state index in [1.807, 2.05) is 0 Å². The van der Waals surface area contributed by atoms with Crippen molar-refractivity contribution in [3.05, 3.63) is 0 Å². The van der Waals surface area contributed by atoms with Crippen molar-refractivity contribution in [1.29, 1.82) is 0 Å². The van der Waals surface area contributed by atoms with Crippen LogP contribution < -0.4 is 0 Å². The molecule has 0 aromatic heterocycles. The highest BCUT2D eigenvalue weighted by Crippen LogP contribution is 2.47. The molecule has 0 aliphatic heterocycles. The summed E-state index contributed by atoms with van der Waals surface area (Å²) in [7, 11) is -0.775. The highest BCUT2D eigenvalue weighted by Gasteiger charge is 2.21. The van der Waals surface area contributed by atoms with Gasteiger partial charge >= 0.3 is 7.82 Å². The van der Waals surface area contributed by atoms with Crippen LogP contribution in [0.4, 0.5) is 0 Å². The van der Waals surface area contributed by atoms with Gasteiger partial charge in [0.15, 0.2) is 5.12 Å². The Morgan fingerprint density at radius 1 is 1.27 bits per heavy atom. The first-order valence-electron chi connectivity index (χ1n) is 4.53. The largest absolute Gasteiger partial charge is 0.474 e. The molecule has 0 aliphatic carbocycles. The Bertz CT molecular complexity index is 225. The van der Waals surface area contributed by atoms with E-state index in [1.165, 1.54) is 32.9 Å². The average molecular weight is 256 g/mol. The summed E-state index contributed by atoms with van der Waals surface area (Å²) in [6.07, 6.45) is 1.55. The first kappa shape index (κ1) is 15.1. The van der Waals surface area contributed by atoms with Crippen molar-refractivity contribution in [2.45, 2.75) is 19.8 Å². The van der Waals surface area contributed by atoms with Crippen molar-refractivity contribution >= 4 is 24.7 Å². The van der Waals surface area contributed by atoms with E-state index >= 15 is 0 Å². The van der Waals surface area contributed by atoms with Gasteiger partial charge in [0.2, 0.25) is 0 Å². The van der Waals surface area contributed by atoms with Gasteiger partial charge in [-0.2, -0.15) is 0 Å². The van der Waals surface area contributed by atoms with Crippen molar-refractivity contribution in [3.8, 4) is 0 Å². The van der Waals surface area contributed by atoms with Crippen LogP contribution in [0.1, 0.15) is 19.8 Å². The summed E-state index contributed by atoms with van der Waals surface area (Å²) in [5, 5.41) is 0.107. The number of phosphoric ester groups is 1. The summed E-state index contributed by atoms with van der Waals surface area (Å²) >= 11 is 1.27. The first-order chi connectivity index (χ1) is 7.04. The molecule has 0 aliphatic rings. The molecule has 0 radical (unpaired) electrons. The van der Waals surface area contributed by atoms with Crippen LogP contribution in [0.3, 0.4) is 0 Å². The minimum atomic E-state index is -3.32. The number of hydrogen-bond donors (Lipinski definition) is 0. The maximum atomic E-state index is 11.4. The van der Waals surface area contributed by atoms with Crippen LogP contribution >= 0.6 is 19.6 Å². The van der Waals surface area contributed by atoms with Crippen molar-refractivity contribution < 1.29 is 22.9 Å². The van der Waals surface area contributed by atoms with E-state index in [-0.39, 0.29) is 5.12 Å². The lowest BCUT2D eigenvalue weighted by molar-refractivity contribution is -0.109. The minimum Gasteiger partial charge on any atom is -0.290 e. The molecule has 15 heavy (non-hydrogen) atoms. The lowest BCUT2D eigenvalue weighted by atomic mass is 10.4. The summed E-state index contributed by atoms with van der Waals surface area (Å²) in [5.74, 6) is 0.753. The summed E-state index contributed by atoms with van der Waals surface area (Å²) < 4.78 is 25.5. The molecule has 5 nitrogen and oxygen atoms in total. The summed E-state index contributed by atoms with van der Waals surface area (Å²) in [4.78, 5) is 10.6. The molecule has 0 aromatic carbocycles. The van der Waals surface area contributed by atoms with Crippen LogP contribution in [0.15, 0.2) is 0 Å². The van der Waals surface area contributed by atoms with Gasteiger partial charge < -0.3 is 0 Å². The fraction of sp³-hybridized carbons (Fsp3) is 0.875. The smallest absolute Gasteiger partial charge is 0.290 e. The zero-order valence-electron chi connectivity index (χ0n) is 9.23. The van der Waals surface area contributed by atoms with E-state index in [0.29, 0.717) is 6.61 Å². The molecule has 0 amide bonds. The van der Waals surface area contributed by atoms with Gasteiger partial charge in [-0.15, -0.1) is 0 Å². The van der Waals surface area contributed by atoms with Gasteiger partial charge in [0.05, 0.1) is 6.61 Å². The van der Waals surface area contributed by atoms with Crippen LogP contribution in [0.25, 0.3) is 0 Å². The van der Waals surface area contributed by atoms with E-state index in [9.17, 15) is 9.36 Å². The number of carbonyl (C=O) groups is 1. The highest BCUT2D eigenvalue weighted by atomic mass is 32.2. The third-order valence-electron chi connectivity index (χ3n) is 1.54. The van der Waals surface area contributed by atoms with Gasteiger partial charge in [-0.1, -0.05) is 11.8 Å². The number of phosphoric acid groups is 1. The fourth-order valence-electron chi connectivity index (χ4n) is 0.776. The SMILES string of the molecule is COP(=O)(OC)OCCCCSC(C)=O. The van der Waals surface area contributed by atoms with Crippen molar-refractivity contribution in [1.82, 2.24) is 0 Å². The van der Waals surface area contributed by atoms with Crippen molar-refractivity contribution in [3.63, 3.8) is 0 Å². The maximum Gasteiger partial charge on any atom is 0.474 e. The number of carbonyl (C=O) groups excluding carboxylic acids is 1. The molecule has 0 saturated heterocycles. The lowest BCUT2D eigenvalue weighted by Crippen LogP contribution is -1.98. The first-order valence-corrected chi connectivity index (χ1v) is 6.98. The topological polar surface area (TPSA) is 61.8 Å². The molecule has 0 fully saturated rings. The van der Waals surface area contributed by atoms with Gasteiger partial charge in [-0.05, 0) is 12.8 Å². The number of unbranched alkanes of at least 4 members (excludes halogenated alkanes) is 1. The van der Waals surface area contributed by atoms with E-state index in [0.717, 1.165) is 18.6 Å². The lowest BCUT2D eigenvalue weighted by Gasteiger charge is -2.12. The monoisotopic (exact) mass is 256 g/mol. The Morgan fingerprint density at radius 2 is 1.87 bits per heavy atom. The van der Waals surface area contributed by atoms with Crippen LogP contribution in [-0.4, -0.2) is 31.7 Å². The maximum absolute atomic E-state index is 11.4. The second-order valence-corrected chi connectivity index (χ2v) is 5.85. The molecular weight excluding hydrogens is 239 g/mol. The zero-order chi connectivity index (χ0) is 11.7. The molecule has 0 unspecified atom stereocenters. The second kappa shape index (κ2) is 8.30. The van der Waals surface area contributed by atoms with Crippen LogP contribution in [0.2, 0.25) is 0 Å². The molecule has 90 valence electrons. The zero-order valence-corrected chi connectivity index (χ0v) is 10.9. The normalized spacial score (nSPS) is 11.7. The second-order valence-electron chi connectivity index (χ2n) is 2.69.